The van der Waals surface area contributed by atoms with Gasteiger partial charge in [-0.15, -0.1) is 11.8 Å². The SMILES string of the molecule is C[C@@H](Sc1ccc2c(c1)OCCCO2)C(=O)NC(=O)NC(C)(C)C. The van der Waals surface area contributed by atoms with Gasteiger partial charge in [0.1, 0.15) is 0 Å². The van der Waals surface area contributed by atoms with Crippen molar-refractivity contribution in [2.75, 3.05) is 13.2 Å². The Hall–Kier alpha value is -1.89. The number of hydrogen-bond acceptors (Lipinski definition) is 5. The summed E-state index contributed by atoms with van der Waals surface area (Å²) in [7, 11) is 0. The van der Waals surface area contributed by atoms with Crippen LogP contribution in [0.15, 0.2) is 23.1 Å². The molecular formula is C17H24N2O4S. The van der Waals surface area contributed by atoms with Crippen LogP contribution in [0.2, 0.25) is 0 Å². The Labute approximate surface area is 146 Å². The first-order valence-corrected chi connectivity index (χ1v) is 8.82. The van der Waals surface area contributed by atoms with Crippen molar-refractivity contribution in [3.8, 4) is 11.5 Å². The van der Waals surface area contributed by atoms with Crippen LogP contribution in [-0.2, 0) is 4.79 Å². The summed E-state index contributed by atoms with van der Waals surface area (Å²) in [5.41, 5.74) is -0.394. The standard InChI is InChI=1S/C17H24N2O4S/c1-11(15(20)18-16(21)19-17(2,3)4)24-12-6-7-13-14(10-12)23-9-5-8-22-13/h6-7,10-11H,5,8-9H2,1-4H3,(H2,18,19,20,21)/t11-/m1/s1. The molecule has 6 nitrogen and oxygen atoms in total. The van der Waals surface area contributed by atoms with Crippen LogP contribution in [0.1, 0.15) is 34.1 Å². The molecule has 0 saturated heterocycles. The van der Waals surface area contributed by atoms with Gasteiger partial charge in [0, 0.05) is 16.9 Å². The molecule has 0 spiro atoms. The van der Waals surface area contributed by atoms with Crippen molar-refractivity contribution < 1.29 is 19.1 Å². The molecular weight excluding hydrogens is 328 g/mol. The summed E-state index contributed by atoms with van der Waals surface area (Å²) in [5.74, 6) is 1.07. The van der Waals surface area contributed by atoms with Crippen LogP contribution in [0, 0.1) is 0 Å². The molecule has 2 N–H and O–H groups in total. The van der Waals surface area contributed by atoms with E-state index < -0.39 is 16.8 Å². The number of fused-ring (bicyclic) bond motifs is 1. The lowest BCUT2D eigenvalue weighted by Gasteiger charge is -2.21. The maximum atomic E-state index is 12.1. The monoisotopic (exact) mass is 352 g/mol. The first-order chi connectivity index (χ1) is 11.2. The molecule has 1 aliphatic rings. The normalized spacial score (nSPS) is 15.2. The molecule has 7 heteroatoms. The zero-order valence-electron chi connectivity index (χ0n) is 14.5. The van der Waals surface area contributed by atoms with E-state index in [1.807, 2.05) is 39.0 Å². The molecule has 1 heterocycles. The van der Waals surface area contributed by atoms with E-state index in [0.29, 0.717) is 19.0 Å². The average molecular weight is 352 g/mol. The maximum absolute atomic E-state index is 12.1. The zero-order valence-corrected chi connectivity index (χ0v) is 15.3. The van der Waals surface area contributed by atoms with Crippen molar-refractivity contribution in [3.05, 3.63) is 18.2 Å². The van der Waals surface area contributed by atoms with Crippen molar-refractivity contribution in [1.82, 2.24) is 10.6 Å². The predicted molar refractivity (Wildman–Crippen MR) is 93.8 cm³/mol. The van der Waals surface area contributed by atoms with Crippen LogP contribution in [0.25, 0.3) is 0 Å². The molecule has 24 heavy (non-hydrogen) atoms. The molecule has 132 valence electrons. The summed E-state index contributed by atoms with van der Waals surface area (Å²) < 4.78 is 11.2. The minimum atomic E-state index is -0.487. The van der Waals surface area contributed by atoms with Gasteiger partial charge in [0.05, 0.1) is 18.5 Å². The number of ether oxygens (including phenoxy) is 2. The minimum absolute atomic E-state index is 0.339. The molecule has 1 aromatic rings. The first kappa shape index (κ1) is 18.4. The lowest BCUT2D eigenvalue weighted by atomic mass is 10.1. The number of benzene rings is 1. The van der Waals surface area contributed by atoms with Crippen LogP contribution in [0.4, 0.5) is 4.79 Å². The molecule has 1 aromatic carbocycles. The Morgan fingerprint density at radius 3 is 2.50 bits per heavy atom. The topological polar surface area (TPSA) is 76.7 Å². The number of imide groups is 1. The lowest BCUT2D eigenvalue weighted by molar-refractivity contribution is -0.119. The van der Waals surface area contributed by atoms with Crippen LogP contribution >= 0.6 is 11.8 Å². The number of nitrogens with one attached hydrogen (secondary N) is 2. The molecule has 0 saturated carbocycles. The largest absolute Gasteiger partial charge is 0.490 e. The van der Waals surface area contributed by atoms with E-state index in [1.165, 1.54) is 11.8 Å². The number of urea groups is 1. The second-order valence-corrected chi connectivity index (χ2v) is 8.03. The van der Waals surface area contributed by atoms with Gasteiger partial charge < -0.3 is 14.8 Å². The second kappa shape index (κ2) is 7.79. The minimum Gasteiger partial charge on any atom is -0.490 e. The van der Waals surface area contributed by atoms with Gasteiger partial charge in [-0.3, -0.25) is 10.1 Å². The Morgan fingerprint density at radius 1 is 1.17 bits per heavy atom. The van der Waals surface area contributed by atoms with Crippen molar-refractivity contribution in [2.24, 2.45) is 0 Å². The predicted octanol–water partition coefficient (Wildman–Crippen LogP) is 2.95. The molecule has 1 aliphatic heterocycles. The fourth-order valence-electron chi connectivity index (χ4n) is 2.06. The molecule has 3 amide bonds. The molecule has 2 rings (SSSR count). The lowest BCUT2D eigenvalue weighted by Crippen LogP contribution is -2.49. The van der Waals surface area contributed by atoms with Gasteiger partial charge in [0.25, 0.3) is 0 Å². The highest BCUT2D eigenvalue weighted by molar-refractivity contribution is 8.00. The van der Waals surface area contributed by atoms with Crippen LogP contribution in [-0.4, -0.2) is 35.9 Å². The zero-order chi connectivity index (χ0) is 17.7. The Bertz CT molecular complexity index is 613. The van der Waals surface area contributed by atoms with E-state index >= 15 is 0 Å². The third kappa shape index (κ3) is 5.63. The first-order valence-electron chi connectivity index (χ1n) is 7.94. The molecule has 0 unspecified atom stereocenters. The Kier molecular flexibility index (Phi) is 5.99. The van der Waals surface area contributed by atoms with E-state index in [1.54, 1.807) is 6.92 Å². The van der Waals surface area contributed by atoms with Gasteiger partial charge in [-0.1, -0.05) is 0 Å². The quantitative estimate of drug-likeness (QED) is 0.818. The van der Waals surface area contributed by atoms with Crippen LogP contribution < -0.4 is 20.1 Å². The van der Waals surface area contributed by atoms with E-state index in [0.717, 1.165) is 17.1 Å². The average Bonchev–Trinajstić information content (AvgIpc) is 2.69. The molecule has 1 atom stereocenters. The fraction of sp³-hybridized carbons (Fsp3) is 0.529. The van der Waals surface area contributed by atoms with Crippen molar-refractivity contribution in [1.29, 1.82) is 0 Å². The number of carbonyl (C=O) groups excluding carboxylic acids is 2. The van der Waals surface area contributed by atoms with E-state index in [4.69, 9.17) is 9.47 Å². The van der Waals surface area contributed by atoms with E-state index in [9.17, 15) is 9.59 Å². The highest BCUT2D eigenvalue weighted by Gasteiger charge is 2.21. The highest BCUT2D eigenvalue weighted by Crippen LogP contribution is 2.35. The summed E-state index contributed by atoms with van der Waals surface area (Å²) in [4.78, 5) is 24.8. The molecule has 0 radical (unpaired) electrons. The summed E-state index contributed by atoms with van der Waals surface area (Å²) in [6.45, 7) is 8.58. The third-order valence-corrected chi connectivity index (χ3v) is 4.22. The summed E-state index contributed by atoms with van der Waals surface area (Å²) in [5, 5.41) is 4.65. The Morgan fingerprint density at radius 2 is 1.83 bits per heavy atom. The number of carbonyl (C=O) groups is 2. The number of rotatable bonds is 3. The van der Waals surface area contributed by atoms with Crippen LogP contribution in [0.5, 0.6) is 11.5 Å². The molecule has 0 fully saturated rings. The molecule has 0 aromatic heterocycles. The van der Waals surface area contributed by atoms with Crippen molar-refractivity contribution in [2.45, 2.75) is 49.8 Å². The summed E-state index contributed by atoms with van der Waals surface area (Å²) in [6, 6.07) is 5.11. The fourth-order valence-corrected chi connectivity index (χ4v) is 2.96. The van der Waals surface area contributed by atoms with Gasteiger partial charge in [-0.25, -0.2) is 4.79 Å². The number of hydrogen-bond donors (Lipinski definition) is 2. The van der Waals surface area contributed by atoms with Crippen LogP contribution in [0.3, 0.4) is 0 Å². The highest BCUT2D eigenvalue weighted by atomic mass is 32.2. The van der Waals surface area contributed by atoms with Gasteiger partial charge >= 0.3 is 6.03 Å². The van der Waals surface area contributed by atoms with E-state index in [-0.39, 0.29) is 5.91 Å². The number of amides is 3. The van der Waals surface area contributed by atoms with Gasteiger partial charge in [-0.05, 0) is 45.9 Å². The second-order valence-electron chi connectivity index (χ2n) is 6.61. The smallest absolute Gasteiger partial charge is 0.321 e. The van der Waals surface area contributed by atoms with E-state index in [2.05, 4.69) is 10.6 Å². The summed E-state index contributed by atoms with van der Waals surface area (Å²) in [6.07, 6.45) is 0.846. The van der Waals surface area contributed by atoms with Crippen molar-refractivity contribution >= 4 is 23.7 Å². The van der Waals surface area contributed by atoms with Gasteiger partial charge in [-0.2, -0.15) is 0 Å². The van der Waals surface area contributed by atoms with Crippen molar-refractivity contribution in [3.63, 3.8) is 0 Å². The number of thioether (sulfide) groups is 1. The van der Waals surface area contributed by atoms with Gasteiger partial charge in [0.2, 0.25) is 5.91 Å². The Balaban J connectivity index is 1.94. The summed E-state index contributed by atoms with van der Waals surface area (Å²) >= 11 is 1.36. The maximum Gasteiger partial charge on any atom is 0.321 e. The van der Waals surface area contributed by atoms with Gasteiger partial charge in [0.15, 0.2) is 11.5 Å². The third-order valence-electron chi connectivity index (χ3n) is 3.13. The molecule has 0 bridgehead atoms. The molecule has 0 aliphatic carbocycles.